The molecule has 0 heterocycles. The smallest absolute Gasteiger partial charge is 0.251 e. The number of carbonyl (C=O) groups excluding carboxylic acids is 1. The zero-order valence-electron chi connectivity index (χ0n) is 17.4. The van der Waals surface area contributed by atoms with E-state index in [2.05, 4.69) is 18.3 Å². The Morgan fingerprint density at radius 2 is 1.80 bits per heavy atom. The van der Waals surface area contributed by atoms with Gasteiger partial charge in [0.1, 0.15) is 18.1 Å². The van der Waals surface area contributed by atoms with E-state index in [9.17, 15) is 4.79 Å². The van der Waals surface area contributed by atoms with E-state index in [1.807, 2.05) is 43.3 Å². The van der Waals surface area contributed by atoms with Crippen molar-refractivity contribution in [1.29, 1.82) is 0 Å². The third kappa shape index (κ3) is 5.33. The Balaban J connectivity index is 1.63. The molecule has 0 radical (unpaired) electrons. The van der Waals surface area contributed by atoms with Gasteiger partial charge in [-0.25, -0.2) is 0 Å². The minimum Gasteiger partial charge on any atom is -0.496 e. The second kappa shape index (κ2) is 10.2. The molecule has 0 aliphatic rings. The van der Waals surface area contributed by atoms with Crippen molar-refractivity contribution in [3.8, 4) is 11.5 Å². The number of aryl methyl sites for hydroxylation is 1. The first-order valence-corrected chi connectivity index (χ1v) is 10.3. The van der Waals surface area contributed by atoms with Gasteiger partial charge in [-0.1, -0.05) is 48.9 Å². The highest BCUT2D eigenvalue weighted by atomic mass is 35.5. The summed E-state index contributed by atoms with van der Waals surface area (Å²) in [5, 5.41) is 3.78. The topological polar surface area (TPSA) is 47.6 Å². The van der Waals surface area contributed by atoms with Crippen LogP contribution in [0.4, 0.5) is 0 Å². The van der Waals surface area contributed by atoms with Crippen LogP contribution in [0, 0.1) is 6.92 Å². The number of benzene rings is 3. The summed E-state index contributed by atoms with van der Waals surface area (Å²) in [5.74, 6) is 1.41. The lowest BCUT2D eigenvalue weighted by Crippen LogP contribution is -2.28. The predicted molar refractivity (Wildman–Crippen MR) is 120 cm³/mol. The molecule has 0 aromatic heterocycles. The summed E-state index contributed by atoms with van der Waals surface area (Å²) in [4.78, 5) is 12.7. The molecule has 0 spiro atoms. The Kier molecular flexibility index (Phi) is 7.36. The Labute approximate surface area is 182 Å². The van der Waals surface area contributed by atoms with Crippen molar-refractivity contribution in [3.63, 3.8) is 0 Å². The zero-order chi connectivity index (χ0) is 21.5. The third-order valence-corrected chi connectivity index (χ3v) is 5.37. The van der Waals surface area contributed by atoms with E-state index in [1.54, 1.807) is 31.4 Å². The molecule has 3 rings (SSSR count). The van der Waals surface area contributed by atoms with E-state index in [1.165, 1.54) is 0 Å². The summed E-state index contributed by atoms with van der Waals surface area (Å²) >= 11 is 6.16. The maximum absolute atomic E-state index is 12.7. The fourth-order valence-corrected chi connectivity index (χ4v) is 3.45. The van der Waals surface area contributed by atoms with E-state index in [0.717, 1.165) is 28.9 Å². The van der Waals surface area contributed by atoms with Gasteiger partial charge in [-0.15, -0.1) is 0 Å². The highest BCUT2D eigenvalue weighted by Crippen LogP contribution is 2.25. The van der Waals surface area contributed by atoms with E-state index in [-0.39, 0.29) is 11.9 Å². The van der Waals surface area contributed by atoms with Crippen LogP contribution in [-0.2, 0) is 6.61 Å². The molecule has 0 saturated carbocycles. The number of carbonyl (C=O) groups is 1. The number of ether oxygens (including phenoxy) is 2. The Morgan fingerprint density at radius 3 is 2.43 bits per heavy atom. The first kappa shape index (κ1) is 21.7. The van der Waals surface area contributed by atoms with Gasteiger partial charge in [0, 0.05) is 16.1 Å². The van der Waals surface area contributed by atoms with Crippen molar-refractivity contribution in [1.82, 2.24) is 5.32 Å². The van der Waals surface area contributed by atoms with Crippen LogP contribution in [-0.4, -0.2) is 13.0 Å². The second-order valence-corrected chi connectivity index (χ2v) is 7.48. The monoisotopic (exact) mass is 423 g/mol. The number of halogens is 1. The largest absolute Gasteiger partial charge is 0.496 e. The van der Waals surface area contributed by atoms with Gasteiger partial charge in [0.2, 0.25) is 0 Å². The van der Waals surface area contributed by atoms with Gasteiger partial charge in [0.05, 0.1) is 13.2 Å². The van der Waals surface area contributed by atoms with Gasteiger partial charge in [0.25, 0.3) is 5.91 Å². The van der Waals surface area contributed by atoms with Gasteiger partial charge in [0.15, 0.2) is 0 Å². The van der Waals surface area contributed by atoms with Gasteiger partial charge >= 0.3 is 0 Å². The van der Waals surface area contributed by atoms with Crippen LogP contribution in [0.25, 0.3) is 0 Å². The van der Waals surface area contributed by atoms with E-state index in [0.29, 0.717) is 22.9 Å². The van der Waals surface area contributed by atoms with Crippen LogP contribution in [0.5, 0.6) is 11.5 Å². The van der Waals surface area contributed by atoms with Crippen molar-refractivity contribution < 1.29 is 14.3 Å². The summed E-state index contributed by atoms with van der Waals surface area (Å²) in [5.41, 5.74) is 3.61. The number of hydrogen-bond acceptors (Lipinski definition) is 3. The van der Waals surface area contributed by atoms with Crippen molar-refractivity contribution in [2.75, 3.05) is 7.11 Å². The number of nitrogens with one attached hydrogen (secondary N) is 1. The van der Waals surface area contributed by atoms with Gasteiger partial charge in [-0.2, -0.15) is 0 Å². The average Bonchev–Trinajstić information content (AvgIpc) is 2.77. The first-order chi connectivity index (χ1) is 14.5. The normalized spacial score (nSPS) is 11.6. The molecule has 5 heteroatoms. The lowest BCUT2D eigenvalue weighted by Gasteiger charge is -2.19. The number of amides is 1. The molecule has 0 fully saturated rings. The molecule has 1 amide bonds. The fourth-order valence-electron chi connectivity index (χ4n) is 3.26. The van der Waals surface area contributed by atoms with Crippen LogP contribution < -0.4 is 14.8 Å². The number of hydrogen-bond donors (Lipinski definition) is 1. The van der Waals surface area contributed by atoms with Gasteiger partial charge in [-0.3, -0.25) is 4.79 Å². The molecule has 0 aliphatic heterocycles. The molecule has 1 atom stereocenters. The number of methoxy groups -OCH3 is 1. The Morgan fingerprint density at radius 1 is 1.07 bits per heavy atom. The van der Waals surface area contributed by atoms with Crippen LogP contribution in [0.1, 0.15) is 46.4 Å². The van der Waals surface area contributed by atoms with Gasteiger partial charge in [-0.05, 0) is 60.9 Å². The quantitative estimate of drug-likeness (QED) is 0.475. The lowest BCUT2D eigenvalue weighted by molar-refractivity contribution is 0.0935. The van der Waals surface area contributed by atoms with E-state index in [4.69, 9.17) is 21.1 Å². The average molecular weight is 424 g/mol. The molecule has 0 saturated heterocycles. The summed E-state index contributed by atoms with van der Waals surface area (Å²) in [6.45, 7) is 4.42. The van der Waals surface area contributed by atoms with E-state index >= 15 is 0 Å². The van der Waals surface area contributed by atoms with Crippen molar-refractivity contribution >= 4 is 17.5 Å². The number of rotatable bonds is 8. The predicted octanol–water partition coefficient (Wildman–Crippen LogP) is 6.12. The molecule has 0 bridgehead atoms. The SMILES string of the molecule is CC[C@@H](NC(=O)c1ccc(OCc2ccccc2Cl)cc1)c1ccc(OC)c(C)c1. The van der Waals surface area contributed by atoms with Crippen molar-refractivity contribution in [2.24, 2.45) is 0 Å². The molecule has 30 heavy (non-hydrogen) atoms. The van der Waals surface area contributed by atoms with Crippen molar-refractivity contribution in [3.05, 3.63) is 94.0 Å². The lowest BCUT2D eigenvalue weighted by atomic mass is 10.0. The van der Waals surface area contributed by atoms with E-state index < -0.39 is 0 Å². The molecule has 1 N–H and O–H groups in total. The van der Waals surface area contributed by atoms with Gasteiger partial charge < -0.3 is 14.8 Å². The standard InChI is InChI=1S/C25H26ClNO3/c1-4-23(19-11-14-24(29-3)17(2)15-19)27-25(28)18-9-12-21(13-10-18)30-16-20-7-5-6-8-22(20)26/h5-15,23H,4,16H2,1-3H3,(H,27,28)/t23-/m1/s1. The zero-order valence-corrected chi connectivity index (χ0v) is 18.2. The molecule has 156 valence electrons. The molecule has 0 aliphatic carbocycles. The highest BCUT2D eigenvalue weighted by Gasteiger charge is 2.15. The summed E-state index contributed by atoms with van der Waals surface area (Å²) in [6, 6.07) is 20.6. The highest BCUT2D eigenvalue weighted by molar-refractivity contribution is 6.31. The molecular formula is C25H26ClNO3. The van der Waals surface area contributed by atoms with Crippen LogP contribution in [0.15, 0.2) is 66.7 Å². The maximum atomic E-state index is 12.7. The first-order valence-electron chi connectivity index (χ1n) is 9.93. The molecule has 0 unspecified atom stereocenters. The molecule has 4 nitrogen and oxygen atoms in total. The third-order valence-electron chi connectivity index (χ3n) is 5.00. The summed E-state index contributed by atoms with van der Waals surface area (Å²) in [6.07, 6.45) is 0.788. The van der Waals surface area contributed by atoms with Crippen LogP contribution in [0.3, 0.4) is 0 Å². The summed E-state index contributed by atoms with van der Waals surface area (Å²) < 4.78 is 11.1. The minimum absolute atomic E-state index is 0.0711. The summed E-state index contributed by atoms with van der Waals surface area (Å²) in [7, 11) is 1.66. The molecule has 3 aromatic carbocycles. The second-order valence-electron chi connectivity index (χ2n) is 7.07. The van der Waals surface area contributed by atoms with Crippen molar-refractivity contribution in [2.45, 2.75) is 32.9 Å². The maximum Gasteiger partial charge on any atom is 0.251 e. The van der Waals surface area contributed by atoms with Crippen LogP contribution >= 0.6 is 11.6 Å². The Hall–Kier alpha value is -2.98. The Bertz CT molecular complexity index is 1000. The fraction of sp³-hybridized carbons (Fsp3) is 0.240. The molecular weight excluding hydrogens is 398 g/mol. The molecule has 3 aromatic rings. The minimum atomic E-state index is -0.118. The van der Waals surface area contributed by atoms with Crippen LogP contribution in [0.2, 0.25) is 5.02 Å².